The van der Waals surface area contributed by atoms with Gasteiger partial charge in [-0.1, -0.05) is 22.2 Å². The third-order valence-electron chi connectivity index (χ3n) is 3.93. The molecule has 1 amide bonds. The Morgan fingerprint density at radius 1 is 1.38 bits per heavy atom. The monoisotopic (exact) mass is 357 g/mol. The fraction of sp³-hybridized carbons (Fsp3) is 0.125. The van der Waals surface area contributed by atoms with Crippen LogP contribution in [0.5, 0.6) is 0 Å². The lowest BCUT2D eigenvalue weighted by molar-refractivity contribution is -0.116. The molecular formula is C16H12ClN5OS. The third-order valence-corrected chi connectivity index (χ3v) is 5.08. The molecule has 6 nitrogen and oxygen atoms in total. The highest BCUT2D eigenvalue weighted by molar-refractivity contribution is 7.08. The van der Waals surface area contributed by atoms with Crippen molar-refractivity contribution in [2.45, 2.75) is 6.92 Å². The molecule has 0 saturated heterocycles. The molecule has 1 aliphatic rings. The maximum atomic E-state index is 12.3. The molecule has 0 spiro atoms. The first-order chi connectivity index (χ1) is 11.6. The maximum Gasteiger partial charge on any atom is 0.273 e. The Balaban J connectivity index is 1.90. The first-order valence-electron chi connectivity index (χ1n) is 7.19. The normalized spacial score (nSPS) is 16.0. The van der Waals surface area contributed by atoms with Gasteiger partial charge in [-0.3, -0.25) is 4.79 Å². The second kappa shape index (κ2) is 5.54. The maximum absolute atomic E-state index is 12.3. The average Bonchev–Trinajstić information content (AvgIpc) is 3.21. The Bertz CT molecular complexity index is 1050. The lowest BCUT2D eigenvalue weighted by Crippen LogP contribution is -2.13. The van der Waals surface area contributed by atoms with E-state index >= 15 is 0 Å². The summed E-state index contributed by atoms with van der Waals surface area (Å²) in [6.45, 7) is 1.84. The van der Waals surface area contributed by atoms with Gasteiger partial charge in [-0.05, 0) is 36.7 Å². The molecule has 4 rings (SSSR count). The summed E-state index contributed by atoms with van der Waals surface area (Å²) in [6, 6.07) is 5.74. The second-order valence-electron chi connectivity index (χ2n) is 5.48. The summed E-state index contributed by atoms with van der Waals surface area (Å²) >= 11 is 7.59. The van der Waals surface area contributed by atoms with Crippen molar-refractivity contribution in [3.8, 4) is 0 Å². The number of hydrogen-bond donors (Lipinski definition) is 1. The summed E-state index contributed by atoms with van der Waals surface area (Å²) in [5.41, 5.74) is 6.18. The number of halogens is 1. The van der Waals surface area contributed by atoms with E-state index in [0.717, 1.165) is 27.0 Å². The summed E-state index contributed by atoms with van der Waals surface area (Å²) < 4.78 is 5.90. The van der Waals surface area contributed by atoms with Gasteiger partial charge in [0.25, 0.3) is 5.91 Å². The number of nitrogens with zero attached hydrogens (tertiary/aromatic N) is 4. The van der Waals surface area contributed by atoms with Gasteiger partial charge in [-0.15, -0.1) is 5.10 Å². The SMILES string of the molecule is Cc1nnsc1C1=NNC(=O)/C1=C\c1cn(C)c2cccc(Cl)c12. The van der Waals surface area contributed by atoms with Crippen LogP contribution in [0.2, 0.25) is 5.02 Å². The van der Waals surface area contributed by atoms with E-state index in [9.17, 15) is 4.79 Å². The zero-order valence-electron chi connectivity index (χ0n) is 12.9. The number of benzene rings is 1. The number of nitrogens with one attached hydrogen (secondary N) is 1. The van der Waals surface area contributed by atoms with Gasteiger partial charge in [-0.25, -0.2) is 5.43 Å². The number of rotatable bonds is 2. The van der Waals surface area contributed by atoms with Gasteiger partial charge in [-0.2, -0.15) is 5.10 Å². The smallest absolute Gasteiger partial charge is 0.273 e. The molecule has 0 saturated carbocycles. The molecule has 3 aromatic rings. The molecule has 8 heteroatoms. The Kier molecular flexibility index (Phi) is 3.47. The number of hydrogen-bond acceptors (Lipinski definition) is 5. The van der Waals surface area contributed by atoms with Crippen LogP contribution < -0.4 is 5.43 Å². The van der Waals surface area contributed by atoms with E-state index < -0.39 is 0 Å². The van der Waals surface area contributed by atoms with Crippen molar-refractivity contribution in [1.29, 1.82) is 0 Å². The van der Waals surface area contributed by atoms with Gasteiger partial charge in [0.15, 0.2) is 0 Å². The van der Waals surface area contributed by atoms with Crippen LogP contribution in [0.4, 0.5) is 0 Å². The molecule has 0 aliphatic carbocycles. The lowest BCUT2D eigenvalue weighted by Gasteiger charge is -2.00. The van der Waals surface area contributed by atoms with Crippen molar-refractivity contribution in [3.63, 3.8) is 0 Å². The number of fused-ring (bicyclic) bond motifs is 1. The second-order valence-corrected chi connectivity index (χ2v) is 6.64. The van der Waals surface area contributed by atoms with Gasteiger partial charge in [0, 0.05) is 29.7 Å². The summed E-state index contributed by atoms with van der Waals surface area (Å²) in [6.07, 6.45) is 3.76. The minimum Gasteiger partial charge on any atom is -0.350 e. The number of amides is 1. The Labute approximate surface area is 146 Å². The number of aromatic nitrogens is 3. The zero-order valence-corrected chi connectivity index (χ0v) is 14.4. The quantitative estimate of drug-likeness (QED) is 0.717. The largest absolute Gasteiger partial charge is 0.350 e. The van der Waals surface area contributed by atoms with Gasteiger partial charge in [0.1, 0.15) is 5.71 Å². The number of hydrazone groups is 1. The molecule has 0 atom stereocenters. The van der Waals surface area contributed by atoms with Crippen LogP contribution in [-0.4, -0.2) is 25.8 Å². The molecule has 0 fully saturated rings. The van der Waals surface area contributed by atoms with E-state index in [1.807, 2.05) is 49.0 Å². The Morgan fingerprint density at radius 2 is 2.21 bits per heavy atom. The van der Waals surface area contributed by atoms with E-state index in [1.54, 1.807) is 0 Å². The molecule has 0 unspecified atom stereocenters. The molecule has 2 aromatic heterocycles. The molecular weight excluding hydrogens is 346 g/mol. The van der Waals surface area contributed by atoms with Crippen LogP contribution in [-0.2, 0) is 11.8 Å². The molecule has 0 bridgehead atoms. The van der Waals surface area contributed by atoms with Crippen molar-refractivity contribution in [2.75, 3.05) is 0 Å². The zero-order chi connectivity index (χ0) is 16.8. The van der Waals surface area contributed by atoms with E-state index in [-0.39, 0.29) is 5.91 Å². The minimum atomic E-state index is -0.248. The molecule has 24 heavy (non-hydrogen) atoms. The van der Waals surface area contributed by atoms with Crippen LogP contribution in [0.1, 0.15) is 16.1 Å². The summed E-state index contributed by atoms with van der Waals surface area (Å²) in [5, 5.41) is 9.69. The van der Waals surface area contributed by atoms with E-state index in [4.69, 9.17) is 11.6 Å². The third kappa shape index (κ3) is 2.24. The first kappa shape index (κ1) is 15.0. The number of carbonyl (C=O) groups is 1. The number of carbonyl (C=O) groups excluding carboxylic acids is 1. The topological polar surface area (TPSA) is 72.2 Å². The van der Waals surface area contributed by atoms with Crippen LogP contribution in [0.15, 0.2) is 35.1 Å². The highest BCUT2D eigenvalue weighted by Gasteiger charge is 2.27. The van der Waals surface area contributed by atoms with Crippen LogP contribution in [0, 0.1) is 6.92 Å². The number of aryl methyl sites for hydroxylation is 2. The fourth-order valence-corrected chi connectivity index (χ4v) is 3.73. The predicted molar refractivity (Wildman–Crippen MR) is 95.2 cm³/mol. The average molecular weight is 358 g/mol. The lowest BCUT2D eigenvalue weighted by atomic mass is 10.0. The molecule has 1 aromatic carbocycles. The van der Waals surface area contributed by atoms with Crippen LogP contribution in [0.3, 0.4) is 0 Å². The van der Waals surface area contributed by atoms with Crippen molar-refractivity contribution in [2.24, 2.45) is 12.1 Å². The minimum absolute atomic E-state index is 0.248. The highest BCUT2D eigenvalue weighted by Crippen LogP contribution is 2.31. The molecule has 1 N–H and O–H groups in total. The highest BCUT2D eigenvalue weighted by atomic mass is 35.5. The van der Waals surface area contributed by atoms with Crippen LogP contribution >= 0.6 is 23.1 Å². The van der Waals surface area contributed by atoms with Crippen molar-refractivity contribution >= 4 is 51.7 Å². The Hall–Kier alpha value is -2.51. The predicted octanol–water partition coefficient (Wildman–Crippen LogP) is 2.91. The van der Waals surface area contributed by atoms with Gasteiger partial charge >= 0.3 is 0 Å². The van der Waals surface area contributed by atoms with Gasteiger partial charge < -0.3 is 4.57 Å². The van der Waals surface area contributed by atoms with Crippen LogP contribution in [0.25, 0.3) is 17.0 Å². The molecule has 120 valence electrons. The fourth-order valence-electron chi connectivity index (χ4n) is 2.79. The summed E-state index contributed by atoms with van der Waals surface area (Å²) in [5.74, 6) is -0.248. The molecule has 3 heterocycles. The first-order valence-corrected chi connectivity index (χ1v) is 8.34. The Morgan fingerprint density at radius 3 is 2.96 bits per heavy atom. The molecule has 0 radical (unpaired) electrons. The van der Waals surface area contributed by atoms with E-state index in [2.05, 4.69) is 20.1 Å². The summed E-state index contributed by atoms with van der Waals surface area (Å²) in [4.78, 5) is 13.0. The standard InChI is InChI=1S/C16H12ClN5OS/c1-8-15(24-21-18-8)14-10(16(23)20-19-14)6-9-7-22(2)12-5-3-4-11(17)13(9)12/h3-7H,1-2H3,(H,20,23)/b10-6-. The van der Waals surface area contributed by atoms with Crippen molar-refractivity contribution < 1.29 is 4.79 Å². The van der Waals surface area contributed by atoms with Crippen molar-refractivity contribution in [1.82, 2.24) is 19.6 Å². The van der Waals surface area contributed by atoms with E-state index in [0.29, 0.717) is 16.3 Å². The van der Waals surface area contributed by atoms with E-state index in [1.165, 1.54) is 11.5 Å². The van der Waals surface area contributed by atoms with Crippen molar-refractivity contribution in [3.05, 3.63) is 51.1 Å². The molecule has 1 aliphatic heterocycles. The van der Waals surface area contributed by atoms with Gasteiger partial charge in [0.2, 0.25) is 0 Å². The summed E-state index contributed by atoms with van der Waals surface area (Å²) in [7, 11) is 1.95. The van der Waals surface area contributed by atoms with Gasteiger partial charge in [0.05, 0.1) is 21.2 Å².